The van der Waals surface area contributed by atoms with Crippen molar-refractivity contribution in [3.8, 4) is 5.75 Å². The number of para-hydroxylation sites is 1. The smallest absolute Gasteiger partial charge is 0.311 e. The second-order valence-corrected chi connectivity index (χ2v) is 3.34. The average molecular weight is 250 g/mol. The summed E-state index contributed by atoms with van der Waals surface area (Å²) in [6, 6.07) is 4.23. The summed E-state index contributed by atoms with van der Waals surface area (Å²) in [7, 11) is 0. The van der Waals surface area contributed by atoms with Crippen molar-refractivity contribution < 1.29 is 14.5 Å². The molecule has 1 N–H and O–H groups in total. The first kappa shape index (κ1) is 13.7. The molecule has 0 aliphatic rings. The molecular formula is C12H14N2O4. The van der Waals surface area contributed by atoms with Crippen molar-refractivity contribution in [3.05, 3.63) is 46.5 Å². The number of hydrogen-bond donors (Lipinski definition) is 1. The van der Waals surface area contributed by atoms with Crippen molar-refractivity contribution in [2.24, 2.45) is 0 Å². The summed E-state index contributed by atoms with van der Waals surface area (Å²) in [6.45, 7) is 5.70. The van der Waals surface area contributed by atoms with Crippen molar-refractivity contribution in [2.45, 2.75) is 6.92 Å². The summed E-state index contributed by atoms with van der Waals surface area (Å²) < 4.78 is 5.20. The molecule has 0 aliphatic heterocycles. The molecule has 6 heteroatoms. The zero-order valence-corrected chi connectivity index (χ0v) is 10.0. The number of nitrogens with one attached hydrogen (secondary N) is 1. The van der Waals surface area contributed by atoms with E-state index in [1.54, 1.807) is 6.92 Å². The first-order valence-corrected chi connectivity index (χ1v) is 5.41. The van der Waals surface area contributed by atoms with E-state index in [1.165, 1.54) is 24.3 Å². The average Bonchev–Trinajstić information content (AvgIpc) is 2.36. The van der Waals surface area contributed by atoms with Crippen molar-refractivity contribution in [3.63, 3.8) is 0 Å². The van der Waals surface area contributed by atoms with Gasteiger partial charge in [0.25, 0.3) is 5.91 Å². The maximum atomic E-state index is 11.8. The molecule has 0 aromatic heterocycles. The second kappa shape index (κ2) is 6.39. The fourth-order valence-corrected chi connectivity index (χ4v) is 1.40. The molecule has 0 saturated carbocycles. The monoisotopic (exact) mass is 250 g/mol. The molecule has 0 spiro atoms. The van der Waals surface area contributed by atoms with Crippen LogP contribution in [0, 0.1) is 10.1 Å². The molecule has 0 unspecified atom stereocenters. The van der Waals surface area contributed by atoms with Crippen molar-refractivity contribution >= 4 is 11.6 Å². The Kier molecular flexibility index (Phi) is 4.86. The Bertz CT molecular complexity index is 471. The minimum absolute atomic E-state index is 0.00781. The molecule has 6 nitrogen and oxygen atoms in total. The molecule has 0 bridgehead atoms. The highest BCUT2D eigenvalue weighted by Gasteiger charge is 2.22. The number of hydrogen-bond acceptors (Lipinski definition) is 4. The molecule has 1 rings (SSSR count). The lowest BCUT2D eigenvalue weighted by Gasteiger charge is -2.09. The van der Waals surface area contributed by atoms with Crippen molar-refractivity contribution in [1.29, 1.82) is 0 Å². The highest BCUT2D eigenvalue weighted by atomic mass is 16.6. The van der Waals surface area contributed by atoms with Gasteiger partial charge in [0.05, 0.1) is 17.1 Å². The fourth-order valence-electron chi connectivity index (χ4n) is 1.40. The standard InChI is InChI=1S/C12H14N2O4/c1-3-8-13-12(15)9-6-5-7-10(14(16)17)11(9)18-4-2/h3,5-7H,1,4,8H2,2H3,(H,13,15). The summed E-state index contributed by atoms with van der Waals surface area (Å²) in [5.74, 6) is -0.436. The van der Waals surface area contributed by atoms with E-state index in [4.69, 9.17) is 4.74 Å². The third-order valence-corrected chi connectivity index (χ3v) is 2.13. The summed E-state index contributed by atoms with van der Waals surface area (Å²) in [6.07, 6.45) is 1.52. The number of benzene rings is 1. The van der Waals surface area contributed by atoms with Gasteiger partial charge in [0.1, 0.15) is 0 Å². The van der Waals surface area contributed by atoms with Gasteiger partial charge in [0.2, 0.25) is 5.75 Å². The molecule has 18 heavy (non-hydrogen) atoms. The normalized spacial score (nSPS) is 9.61. The van der Waals surface area contributed by atoms with E-state index in [9.17, 15) is 14.9 Å². The Balaban J connectivity index is 3.17. The van der Waals surface area contributed by atoms with Crippen LogP contribution >= 0.6 is 0 Å². The van der Waals surface area contributed by atoms with Crippen molar-refractivity contribution in [1.82, 2.24) is 5.32 Å². The first-order chi connectivity index (χ1) is 8.61. The Morgan fingerprint density at radius 3 is 2.89 bits per heavy atom. The van der Waals surface area contributed by atoms with Gasteiger partial charge in [0.15, 0.2) is 0 Å². The lowest BCUT2D eigenvalue weighted by Crippen LogP contribution is -2.24. The number of carbonyl (C=O) groups excluding carboxylic acids is 1. The number of nitro benzene ring substituents is 1. The number of carbonyl (C=O) groups is 1. The van der Waals surface area contributed by atoms with E-state index in [0.717, 1.165) is 0 Å². The summed E-state index contributed by atoms with van der Waals surface area (Å²) >= 11 is 0. The predicted octanol–water partition coefficient (Wildman–Crippen LogP) is 1.91. The van der Waals surface area contributed by atoms with E-state index in [0.29, 0.717) is 0 Å². The number of nitrogens with zero attached hydrogens (tertiary/aromatic N) is 1. The molecule has 0 fully saturated rings. The minimum Gasteiger partial charge on any atom is -0.487 e. The zero-order valence-electron chi connectivity index (χ0n) is 10.0. The van der Waals surface area contributed by atoms with Gasteiger partial charge in [-0.05, 0) is 13.0 Å². The topological polar surface area (TPSA) is 81.5 Å². The fraction of sp³-hybridized carbons (Fsp3) is 0.250. The van der Waals surface area contributed by atoms with Crippen LogP contribution < -0.4 is 10.1 Å². The van der Waals surface area contributed by atoms with Gasteiger partial charge >= 0.3 is 5.69 Å². The van der Waals surface area contributed by atoms with Crippen LogP contribution in [0.25, 0.3) is 0 Å². The summed E-state index contributed by atoms with van der Waals surface area (Å²) in [5, 5.41) is 13.4. The maximum absolute atomic E-state index is 11.8. The van der Waals surface area contributed by atoms with E-state index in [2.05, 4.69) is 11.9 Å². The Labute approximate surface area is 104 Å². The molecule has 1 aromatic carbocycles. The van der Waals surface area contributed by atoms with Gasteiger partial charge in [-0.25, -0.2) is 0 Å². The molecular weight excluding hydrogens is 236 g/mol. The van der Waals surface area contributed by atoms with E-state index in [1.807, 2.05) is 0 Å². The molecule has 0 saturated heterocycles. The van der Waals surface area contributed by atoms with E-state index in [-0.39, 0.29) is 30.2 Å². The van der Waals surface area contributed by atoms with Crippen LogP contribution in [0.5, 0.6) is 5.75 Å². The van der Waals surface area contributed by atoms with Crippen LogP contribution in [0.2, 0.25) is 0 Å². The third kappa shape index (κ3) is 3.07. The van der Waals surface area contributed by atoms with Crippen LogP contribution in [0.15, 0.2) is 30.9 Å². The Morgan fingerprint density at radius 1 is 1.61 bits per heavy atom. The number of rotatable bonds is 6. The molecule has 0 radical (unpaired) electrons. The van der Waals surface area contributed by atoms with Gasteiger partial charge in [-0.15, -0.1) is 6.58 Å². The van der Waals surface area contributed by atoms with Crippen LogP contribution in [0.1, 0.15) is 17.3 Å². The van der Waals surface area contributed by atoms with E-state index < -0.39 is 10.8 Å². The molecule has 0 atom stereocenters. The molecule has 1 aromatic rings. The minimum atomic E-state index is -0.574. The van der Waals surface area contributed by atoms with Gasteiger partial charge in [0, 0.05) is 12.6 Å². The maximum Gasteiger partial charge on any atom is 0.311 e. The van der Waals surface area contributed by atoms with Crippen LogP contribution in [0.4, 0.5) is 5.69 Å². The highest BCUT2D eigenvalue weighted by Crippen LogP contribution is 2.30. The quantitative estimate of drug-likeness (QED) is 0.475. The van der Waals surface area contributed by atoms with Crippen LogP contribution in [0.3, 0.4) is 0 Å². The summed E-state index contributed by atoms with van der Waals surface area (Å²) in [4.78, 5) is 22.1. The van der Waals surface area contributed by atoms with Gasteiger partial charge in [-0.1, -0.05) is 12.1 Å². The first-order valence-electron chi connectivity index (χ1n) is 5.41. The molecule has 0 heterocycles. The lowest BCUT2D eigenvalue weighted by molar-refractivity contribution is -0.385. The third-order valence-electron chi connectivity index (χ3n) is 2.13. The summed E-state index contributed by atoms with van der Waals surface area (Å²) in [5.41, 5.74) is -0.0731. The SMILES string of the molecule is C=CCNC(=O)c1cccc([N+](=O)[O-])c1OCC. The Hall–Kier alpha value is -2.37. The molecule has 0 aliphatic carbocycles. The van der Waals surface area contributed by atoms with Crippen molar-refractivity contribution in [2.75, 3.05) is 13.2 Å². The van der Waals surface area contributed by atoms with Gasteiger partial charge in [-0.3, -0.25) is 14.9 Å². The van der Waals surface area contributed by atoms with Crippen LogP contribution in [-0.4, -0.2) is 24.0 Å². The number of amides is 1. The largest absolute Gasteiger partial charge is 0.487 e. The number of ether oxygens (including phenoxy) is 1. The lowest BCUT2D eigenvalue weighted by atomic mass is 10.1. The Morgan fingerprint density at radius 2 is 2.33 bits per heavy atom. The highest BCUT2D eigenvalue weighted by molar-refractivity contribution is 5.98. The van der Waals surface area contributed by atoms with Gasteiger partial charge < -0.3 is 10.1 Å². The zero-order chi connectivity index (χ0) is 13.5. The molecule has 96 valence electrons. The second-order valence-electron chi connectivity index (χ2n) is 3.34. The van der Waals surface area contributed by atoms with Gasteiger partial charge in [-0.2, -0.15) is 0 Å². The molecule has 1 amide bonds. The van der Waals surface area contributed by atoms with E-state index >= 15 is 0 Å². The predicted molar refractivity (Wildman–Crippen MR) is 66.8 cm³/mol. The van der Waals surface area contributed by atoms with Crippen LogP contribution in [-0.2, 0) is 0 Å². The number of nitro groups is 1.